The Bertz CT molecular complexity index is 549. The number of benzene rings is 2. The van der Waals surface area contributed by atoms with E-state index in [1.807, 2.05) is 30.3 Å². The molecule has 3 heteroatoms. The lowest BCUT2D eigenvalue weighted by Crippen LogP contribution is -2.10. The number of hydrogen-bond acceptors (Lipinski definition) is 2. The van der Waals surface area contributed by atoms with Gasteiger partial charge in [-0.15, -0.1) is 0 Å². The van der Waals surface area contributed by atoms with Crippen LogP contribution in [0.3, 0.4) is 0 Å². The molecule has 2 aromatic rings. The van der Waals surface area contributed by atoms with Gasteiger partial charge in [-0.1, -0.05) is 36.4 Å². The van der Waals surface area contributed by atoms with Crippen molar-refractivity contribution in [2.75, 3.05) is 0 Å². The van der Waals surface area contributed by atoms with Crippen LogP contribution in [0.4, 0.5) is 0 Å². The molecule has 3 nitrogen and oxygen atoms in total. The summed E-state index contributed by atoms with van der Waals surface area (Å²) in [4.78, 5) is 11.1. The van der Waals surface area contributed by atoms with Gasteiger partial charge in [-0.05, 0) is 28.8 Å². The van der Waals surface area contributed by atoms with E-state index in [4.69, 9.17) is 5.73 Å². The van der Waals surface area contributed by atoms with E-state index in [1.54, 1.807) is 18.2 Å². The van der Waals surface area contributed by atoms with E-state index in [0.29, 0.717) is 5.56 Å². The molecule has 1 amide bonds. The molecular formula is C14H13NO2. The summed E-state index contributed by atoms with van der Waals surface area (Å²) in [5.41, 5.74) is 8.33. The summed E-state index contributed by atoms with van der Waals surface area (Å²) in [5, 5.41) is 9.27. The molecule has 0 spiro atoms. The highest BCUT2D eigenvalue weighted by atomic mass is 16.3. The number of nitrogens with two attached hydrogens (primary N) is 1. The number of aliphatic hydroxyl groups is 1. The molecule has 0 bridgehead atoms. The van der Waals surface area contributed by atoms with Gasteiger partial charge in [-0.2, -0.15) is 0 Å². The zero-order valence-corrected chi connectivity index (χ0v) is 9.26. The molecule has 86 valence electrons. The van der Waals surface area contributed by atoms with Crippen LogP contribution in [-0.4, -0.2) is 11.0 Å². The lowest BCUT2D eigenvalue weighted by Gasteiger charge is -2.08. The molecule has 17 heavy (non-hydrogen) atoms. The third-order valence-corrected chi connectivity index (χ3v) is 2.65. The average molecular weight is 227 g/mol. The monoisotopic (exact) mass is 227 g/mol. The predicted octanol–water partition coefficient (Wildman–Crippen LogP) is 1.94. The number of carbonyl (C=O) groups is 1. The van der Waals surface area contributed by atoms with Gasteiger partial charge in [-0.25, -0.2) is 0 Å². The number of hydrogen-bond donors (Lipinski definition) is 2. The maximum atomic E-state index is 11.1. The molecule has 0 aliphatic carbocycles. The van der Waals surface area contributed by atoms with E-state index in [9.17, 15) is 9.90 Å². The number of aliphatic hydroxyl groups excluding tert-OH is 1. The molecule has 0 saturated heterocycles. The van der Waals surface area contributed by atoms with E-state index in [-0.39, 0.29) is 6.61 Å². The fraction of sp³-hybridized carbons (Fsp3) is 0.0714. The molecule has 0 atom stereocenters. The second kappa shape index (κ2) is 4.80. The van der Waals surface area contributed by atoms with Gasteiger partial charge in [0.05, 0.1) is 6.61 Å². The van der Waals surface area contributed by atoms with Crippen LogP contribution in [0, 0.1) is 0 Å². The highest BCUT2D eigenvalue weighted by molar-refractivity contribution is 5.94. The SMILES string of the molecule is NC(=O)c1cccc(-c2ccccc2CO)c1. The molecule has 0 aliphatic rings. The third-order valence-electron chi connectivity index (χ3n) is 2.65. The highest BCUT2D eigenvalue weighted by Crippen LogP contribution is 2.24. The third kappa shape index (κ3) is 2.34. The molecule has 2 rings (SSSR count). The van der Waals surface area contributed by atoms with Gasteiger partial charge in [0.25, 0.3) is 0 Å². The smallest absolute Gasteiger partial charge is 0.248 e. The molecule has 0 saturated carbocycles. The molecule has 0 radical (unpaired) electrons. The van der Waals surface area contributed by atoms with E-state index in [1.165, 1.54) is 0 Å². The largest absolute Gasteiger partial charge is 0.392 e. The molecule has 3 N–H and O–H groups in total. The van der Waals surface area contributed by atoms with Crippen LogP contribution in [0.1, 0.15) is 15.9 Å². The van der Waals surface area contributed by atoms with Crippen LogP contribution in [0.25, 0.3) is 11.1 Å². The maximum Gasteiger partial charge on any atom is 0.248 e. The van der Waals surface area contributed by atoms with E-state index < -0.39 is 5.91 Å². The summed E-state index contributed by atoms with van der Waals surface area (Å²) in [6.07, 6.45) is 0. The van der Waals surface area contributed by atoms with Crippen LogP contribution in [0.15, 0.2) is 48.5 Å². The molecule has 0 aliphatic heterocycles. The van der Waals surface area contributed by atoms with Crippen molar-refractivity contribution in [2.45, 2.75) is 6.61 Å². The summed E-state index contributed by atoms with van der Waals surface area (Å²) in [6.45, 7) is -0.0308. The number of carbonyl (C=O) groups excluding carboxylic acids is 1. The van der Waals surface area contributed by atoms with Gasteiger partial charge < -0.3 is 10.8 Å². The summed E-state index contributed by atoms with van der Waals surface area (Å²) >= 11 is 0. The normalized spacial score (nSPS) is 10.2. The van der Waals surface area contributed by atoms with Crippen molar-refractivity contribution in [2.24, 2.45) is 5.73 Å². The van der Waals surface area contributed by atoms with Crippen LogP contribution < -0.4 is 5.73 Å². The van der Waals surface area contributed by atoms with Crippen LogP contribution in [0.5, 0.6) is 0 Å². The summed E-state index contributed by atoms with van der Waals surface area (Å²) in [6, 6.07) is 14.6. The molecule has 2 aromatic carbocycles. The molecular weight excluding hydrogens is 214 g/mol. The second-order valence-corrected chi connectivity index (χ2v) is 3.76. The topological polar surface area (TPSA) is 63.3 Å². The van der Waals surface area contributed by atoms with Gasteiger partial charge in [0, 0.05) is 5.56 Å². The van der Waals surface area contributed by atoms with Crippen LogP contribution >= 0.6 is 0 Å². The Kier molecular flexibility index (Phi) is 3.21. The predicted molar refractivity (Wildman–Crippen MR) is 66.3 cm³/mol. The maximum absolute atomic E-state index is 11.1. The minimum Gasteiger partial charge on any atom is -0.392 e. The Morgan fingerprint density at radius 2 is 1.88 bits per heavy atom. The Morgan fingerprint density at radius 1 is 1.12 bits per heavy atom. The fourth-order valence-corrected chi connectivity index (χ4v) is 1.78. The minimum absolute atomic E-state index is 0.0308. The van der Waals surface area contributed by atoms with Gasteiger partial charge in [0.2, 0.25) is 5.91 Å². The summed E-state index contributed by atoms with van der Waals surface area (Å²) in [7, 11) is 0. The first-order valence-corrected chi connectivity index (χ1v) is 5.31. The molecule has 0 aromatic heterocycles. The summed E-state index contributed by atoms with van der Waals surface area (Å²) < 4.78 is 0. The first-order chi connectivity index (χ1) is 8.22. The number of rotatable bonds is 3. The highest BCUT2D eigenvalue weighted by Gasteiger charge is 2.06. The van der Waals surface area contributed by atoms with Gasteiger partial charge in [0.15, 0.2) is 0 Å². The standard InChI is InChI=1S/C14H13NO2/c15-14(17)11-6-3-5-10(8-11)13-7-2-1-4-12(13)9-16/h1-8,16H,9H2,(H2,15,17). The first-order valence-electron chi connectivity index (χ1n) is 5.31. The van der Waals surface area contributed by atoms with Crippen molar-refractivity contribution in [1.82, 2.24) is 0 Å². The van der Waals surface area contributed by atoms with Gasteiger partial charge in [-0.3, -0.25) is 4.79 Å². The van der Waals surface area contributed by atoms with Crippen molar-refractivity contribution in [3.63, 3.8) is 0 Å². The molecule has 0 fully saturated rings. The lowest BCUT2D eigenvalue weighted by molar-refractivity contribution is 0.100. The van der Waals surface area contributed by atoms with Crippen molar-refractivity contribution < 1.29 is 9.90 Å². The molecule has 0 unspecified atom stereocenters. The van der Waals surface area contributed by atoms with Gasteiger partial charge in [0.1, 0.15) is 0 Å². The van der Waals surface area contributed by atoms with Crippen LogP contribution in [-0.2, 0) is 6.61 Å². The minimum atomic E-state index is -0.451. The van der Waals surface area contributed by atoms with Crippen molar-refractivity contribution in [3.8, 4) is 11.1 Å². The average Bonchev–Trinajstić information content (AvgIpc) is 2.39. The Morgan fingerprint density at radius 3 is 2.59 bits per heavy atom. The fourth-order valence-electron chi connectivity index (χ4n) is 1.78. The molecule has 0 heterocycles. The quantitative estimate of drug-likeness (QED) is 0.841. The van der Waals surface area contributed by atoms with E-state index in [0.717, 1.165) is 16.7 Å². The van der Waals surface area contributed by atoms with E-state index >= 15 is 0 Å². The van der Waals surface area contributed by atoms with E-state index in [2.05, 4.69) is 0 Å². The number of primary amides is 1. The zero-order chi connectivity index (χ0) is 12.3. The van der Waals surface area contributed by atoms with Crippen molar-refractivity contribution >= 4 is 5.91 Å². The van der Waals surface area contributed by atoms with Crippen molar-refractivity contribution in [3.05, 3.63) is 59.7 Å². The Balaban J connectivity index is 2.52. The zero-order valence-electron chi connectivity index (χ0n) is 9.26. The van der Waals surface area contributed by atoms with Crippen LogP contribution in [0.2, 0.25) is 0 Å². The lowest BCUT2D eigenvalue weighted by atomic mass is 9.98. The Labute approximate surface area is 99.5 Å². The van der Waals surface area contributed by atoms with Crippen molar-refractivity contribution in [1.29, 1.82) is 0 Å². The second-order valence-electron chi connectivity index (χ2n) is 3.76. The Hall–Kier alpha value is -2.13. The first kappa shape index (κ1) is 11.4. The summed E-state index contributed by atoms with van der Waals surface area (Å²) in [5.74, 6) is -0.451. The number of amides is 1. The van der Waals surface area contributed by atoms with Gasteiger partial charge >= 0.3 is 0 Å².